The Morgan fingerprint density at radius 3 is 2.10 bits per heavy atom. The molecule has 0 aromatic carbocycles. The van der Waals surface area contributed by atoms with Gasteiger partial charge >= 0.3 is 18.2 Å². The predicted molar refractivity (Wildman–Crippen MR) is 90.7 cm³/mol. The summed E-state index contributed by atoms with van der Waals surface area (Å²) in [6.07, 6.45) is -5.06. The van der Waals surface area contributed by atoms with E-state index in [0.29, 0.717) is 12.1 Å². The summed E-state index contributed by atoms with van der Waals surface area (Å²) in [5.74, 6) is -2.48. The number of carboxylic acid groups (broad SMARTS) is 1. The van der Waals surface area contributed by atoms with Crippen molar-refractivity contribution in [3.63, 3.8) is 0 Å². The number of amides is 2. The van der Waals surface area contributed by atoms with Gasteiger partial charge in [0.2, 0.25) is 17.7 Å². The van der Waals surface area contributed by atoms with Gasteiger partial charge in [0, 0.05) is 0 Å². The highest BCUT2D eigenvalue weighted by Gasteiger charge is 2.36. The zero-order valence-corrected chi connectivity index (χ0v) is 15.8. The van der Waals surface area contributed by atoms with Crippen LogP contribution < -0.4 is 19.5 Å². The molecule has 3 N–H and O–H groups in total. The van der Waals surface area contributed by atoms with E-state index in [9.17, 15) is 31.2 Å². The number of anilines is 1. The van der Waals surface area contributed by atoms with Gasteiger partial charge in [0.25, 0.3) is 10.0 Å². The second-order valence-corrected chi connectivity index (χ2v) is 6.79. The summed E-state index contributed by atoms with van der Waals surface area (Å²) in [6, 6.07) is 0.423. The lowest BCUT2D eigenvalue weighted by molar-refractivity contribution is -0.141. The van der Waals surface area contributed by atoms with E-state index in [1.165, 1.54) is 25.0 Å². The van der Waals surface area contributed by atoms with Gasteiger partial charge in [0.15, 0.2) is 5.03 Å². The molecule has 162 valence electrons. The number of halogens is 3. The molecule has 2 aromatic heterocycles. The summed E-state index contributed by atoms with van der Waals surface area (Å²) in [5, 5.41) is 9.44. The number of sulfonamides is 1. The van der Waals surface area contributed by atoms with Crippen molar-refractivity contribution in [2.75, 3.05) is 19.5 Å². The zero-order chi connectivity index (χ0) is 22.7. The van der Waals surface area contributed by atoms with E-state index in [4.69, 9.17) is 14.6 Å². The van der Waals surface area contributed by atoms with Crippen LogP contribution in [-0.2, 0) is 16.2 Å². The first-order chi connectivity index (χ1) is 13.9. The normalized spacial score (nSPS) is 11.5. The van der Waals surface area contributed by atoms with Gasteiger partial charge in [-0.2, -0.15) is 31.6 Å². The van der Waals surface area contributed by atoms with Crippen molar-refractivity contribution in [1.82, 2.24) is 19.7 Å². The fourth-order valence-corrected chi connectivity index (χ4v) is 2.99. The maximum absolute atomic E-state index is 12.8. The number of carboxylic acids is 1. The summed E-state index contributed by atoms with van der Waals surface area (Å²) in [5.41, 5.74) is -2.75. The summed E-state index contributed by atoms with van der Waals surface area (Å²) in [4.78, 5) is 33.4. The first-order valence-corrected chi connectivity index (χ1v) is 8.98. The molecule has 0 saturated carbocycles. The monoisotopic (exact) mass is 451 g/mol. The number of hydrogen-bond donors (Lipinski definition) is 3. The Labute approximate surface area is 166 Å². The molecule has 16 heteroatoms. The van der Waals surface area contributed by atoms with Crippen LogP contribution in [0.2, 0.25) is 0 Å². The van der Waals surface area contributed by atoms with Crippen LogP contribution in [0.4, 0.5) is 23.9 Å². The van der Waals surface area contributed by atoms with Gasteiger partial charge in [-0.15, -0.1) is 0 Å². The molecule has 2 heterocycles. The molecular formula is C14H12F3N5O7S. The molecule has 0 fully saturated rings. The lowest BCUT2D eigenvalue weighted by atomic mass is 10.2. The summed E-state index contributed by atoms with van der Waals surface area (Å²) in [7, 11) is -2.66. The zero-order valence-electron chi connectivity index (χ0n) is 15.0. The fraction of sp³-hybridized carbons (Fsp3) is 0.214. The third kappa shape index (κ3) is 5.22. The van der Waals surface area contributed by atoms with E-state index in [2.05, 4.69) is 15.0 Å². The van der Waals surface area contributed by atoms with E-state index >= 15 is 0 Å². The second kappa shape index (κ2) is 8.36. The smallest absolute Gasteiger partial charge is 0.433 e. The van der Waals surface area contributed by atoms with Gasteiger partial charge in [-0.05, 0) is 12.1 Å². The average Bonchev–Trinajstić information content (AvgIpc) is 2.65. The fourth-order valence-electron chi connectivity index (χ4n) is 1.93. The number of urea groups is 1. The number of ether oxygens (including phenoxy) is 2. The predicted octanol–water partition coefficient (Wildman–Crippen LogP) is 1.12. The molecule has 0 spiro atoms. The maximum atomic E-state index is 12.8. The number of rotatable bonds is 6. The molecule has 2 amide bonds. The molecule has 2 rings (SSSR count). The van der Waals surface area contributed by atoms with Crippen LogP contribution in [0.5, 0.6) is 11.8 Å². The summed E-state index contributed by atoms with van der Waals surface area (Å²) in [6.45, 7) is 0. The minimum atomic E-state index is -5.14. The molecule has 0 saturated heterocycles. The summed E-state index contributed by atoms with van der Waals surface area (Å²) >= 11 is 0. The number of alkyl halides is 3. The number of aromatic carboxylic acids is 1. The third-order valence-electron chi connectivity index (χ3n) is 3.19. The van der Waals surface area contributed by atoms with Crippen LogP contribution >= 0.6 is 0 Å². The molecule has 0 aliphatic heterocycles. The summed E-state index contributed by atoms with van der Waals surface area (Å²) < 4.78 is 74.2. The Bertz CT molecular complexity index is 1070. The number of carbonyl (C=O) groups is 2. The van der Waals surface area contributed by atoms with Crippen molar-refractivity contribution in [3.8, 4) is 11.8 Å². The van der Waals surface area contributed by atoms with E-state index in [0.717, 1.165) is 0 Å². The Morgan fingerprint density at radius 2 is 1.63 bits per heavy atom. The Morgan fingerprint density at radius 1 is 1.07 bits per heavy atom. The van der Waals surface area contributed by atoms with Gasteiger partial charge in [0.05, 0.1) is 25.8 Å². The molecule has 0 radical (unpaired) electrons. The third-order valence-corrected chi connectivity index (χ3v) is 4.46. The first-order valence-electron chi connectivity index (χ1n) is 7.49. The minimum absolute atomic E-state index is 0.0623. The number of pyridine rings is 1. The van der Waals surface area contributed by atoms with Crippen molar-refractivity contribution in [3.05, 3.63) is 29.5 Å². The Balaban J connectivity index is 2.36. The highest BCUT2D eigenvalue weighted by Crippen LogP contribution is 2.29. The molecule has 0 unspecified atom stereocenters. The largest absolute Gasteiger partial charge is 0.481 e. The van der Waals surface area contributed by atoms with Crippen LogP contribution in [-0.4, -0.2) is 54.7 Å². The van der Waals surface area contributed by atoms with E-state index < -0.39 is 50.4 Å². The number of methoxy groups -OCH3 is 2. The van der Waals surface area contributed by atoms with Gasteiger partial charge in [-0.1, -0.05) is 0 Å². The second-order valence-electron chi connectivity index (χ2n) is 5.19. The lowest BCUT2D eigenvalue weighted by Gasteiger charge is -2.12. The molecule has 0 bridgehead atoms. The molecule has 12 nitrogen and oxygen atoms in total. The molecule has 0 atom stereocenters. The molecule has 0 aliphatic rings. The van der Waals surface area contributed by atoms with Crippen LogP contribution in [0, 0.1) is 0 Å². The minimum Gasteiger partial charge on any atom is -0.481 e. The van der Waals surface area contributed by atoms with Crippen LogP contribution in [0.15, 0.2) is 23.2 Å². The van der Waals surface area contributed by atoms with Gasteiger partial charge in [0.1, 0.15) is 5.69 Å². The van der Waals surface area contributed by atoms with Crippen molar-refractivity contribution in [2.24, 2.45) is 0 Å². The molecule has 30 heavy (non-hydrogen) atoms. The van der Waals surface area contributed by atoms with Crippen molar-refractivity contribution < 1.29 is 45.8 Å². The van der Waals surface area contributed by atoms with Gasteiger partial charge < -0.3 is 14.6 Å². The maximum Gasteiger partial charge on any atom is 0.433 e. The van der Waals surface area contributed by atoms with Crippen LogP contribution in [0.25, 0.3) is 0 Å². The topological polar surface area (TPSA) is 170 Å². The number of aromatic nitrogens is 3. The highest BCUT2D eigenvalue weighted by molar-refractivity contribution is 7.90. The average molecular weight is 451 g/mol. The standard InChI is InChI=1S/C14H12F3N5O7S/c1-28-8-5-9(29-2)20-12(19-8)21-13(25)22-30(26,27)10-6(11(23)24)3-4-7(18-10)14(15,16)17/h3-5H,1-2H3,(H,23,24)(H2,19,20,21,22,25). The Kier molecular flexibility index (Phi) is 6.29. The molecular weight excluding hydrogens is 439 g/mol. The van der Waals surface area contributed by atoms with Crippen molar-refractivity contribution >= 4 is 28.0 Å². The number of hydrogen-bond acceptors (Lipinski definition) is 9. The SMILES string of the molecule is COc1cc(OC)nc(NC(=O)NS(=O)(=O)c2nc(C(F)(F)F)ccc2C(=O)O)n1. The molecule has 0 aliphatic carbocycles. The highest BCUT2D eigenvalue weighted by atomic mass is 32.2. The first kappa shape index (κ1) is 22.6. The van der Waals surface area contributed by atoms with E-state index in [-0.39, 0.29) is 11.8 Å². The van der Waals surface area contributed by atoms with Crippen LogP contribution in [0.1, 0.15) is 16.1 Å². The van der Waals surface area contributed by atoms with Gasteiger partial charge in [-0.25, -0.2) is 19.3 Å². The quantitative estimate of drug-likeness (QED) is 0.578. The number of nitrogens with one attached hydrogen (secondary N) is 2. The van der Waals surface area contributed by atoms with Crippen LogP contribution in [0.3, 0.4) is 0 Å². The van der Waals surface area contributed by atoms with Crippen molar-refractivity contribution in [1.29, 1.82) is 0 Å². The number of nitrogens with zero attached hydrogens (tertiary/aromatic N) is 3. The lowest BCUT2D eigenvalue weighted by Crippen LogP contribution is -2.36. The molecule has 2 aromatic rings. The van der Waals surface area contributed by atoms with Gasteiger partial charge in [-0.3, -0.25) is 5.32 Å². The van der Waals surface area contributed by atoms with E-state index in [1.54, 1.807) is 0 Å². The number of carbonyl (C=O) groups excluding carboxylic acids is 1. The van der Waals surface area contributed by atoms with Crippen molar-refractivity contribution in [2.45, 2.75) is 11.2 Å². The van der Waals surface area contributed by atoms with E-state index in [1.807, 2.05) is 5.32 Å². The Hall–Kier alpha value is -3.69.